The number of nitrogens with one attached hydrogen (secondary N) is 1. The molecular formula is C13H19N3OS2. The van der Waals surface area contributed by atoms with Crippen molar-refractivity contribution < 1.29 is 4.79 Å². The maximum Gasteiger partial charge on any atom is 0.230 e. The molecule has 2 bridgehead atoms. The molecule has 2 aliphatic rings. The van der Waals surface area contributed by atoms with Gasteiger partial charge in [-0.05, 0) is 43.9 Å². The van der Waals surface area contributed by atoms with Gasteiger partial charge in [-0.3, -0.25) is 4.79 Å². The standard InChI is InChI=1S/C13H19N3OS2/c1-8(11-5-9-2-3-10(11)4-9)15-12(17)6-18-13-16-14-7-19-13/h7-11H,2-6H2,1H3,(H,15,17). The predicted octanol–water partition coefficient (Wildman–Crippen LogP) is 2.57. The van der Waals surface area contributed by atoms with Gasteiger partial charge in [-0.1, -0.05) is 29.5 Å². The number of hydrogen-bond donors (Lipinski definition) is 1. The minimum absolute atomic E-state index is 0.121. The molecule has 4 atom stereocenters. The Kier molecular flexibility index (Phi) is 4.07. The Labute approximate surface area is 121 Å². The third-order valence-electron chi connectivity index (χ3n) is 4.49. The number of fused-ring (bicyclic) bond motifs is 2. The van der Waals surface area contributed by atoms with Crippen LogP contribution in [-0.2, 0) is 4.79 Å². The van der Waals surface area contributed by atoms with Crippen LogP contribution in [0, 0.1) is 17.8 Å². The van der Waals surface area contributed by atoms with Gasteiger partial charge in [-0.15, -0.1) is 10.2 Å². The van der Waals surface area contributed by atoms with E-state index in [1.165, 1.54) is 48.8 Å². The fraction of sp³-hybridized carbons (Fsp3) is 0.769. The van der Waals surface area contributed by atoms with Crippen molar-refractivity contribution in [1.29, 1.82) is 0 Å². The molecule has 19 heavy (non-hydrogen) atoms. The summed E-state index contributed by atoms with van der Waals surface area (Å²) >= 11 is 2.95. The van der Waals surface area contributed by atoms with Crippen LogP contribution in [0.15, 0.2) is 9.85 Å². The summed E-state index contributed by atoms with van der Waals surface area (Å²) in [5, 5.41) is 10.9. The number of carbonyl (C=O) groups excluding carboxylic acids is 1. The van der Waals surface area contributed by atoms with Crippen molar-refractivity contribution in [3.05, 3.63) is 5.51 Å². The first-order valence-electron chi connectivity index (χ1n) is 6.90. The van der Waals surface area contributed by atoms with E-state index in [2.05, 4.69) is 22.4 Å². The van der Waals surface area contributed by atoms with Crippen molar-refractivity contribution in [1.82, 2.24) is 15.5 Å². The Morgan fingerprint density at radius 3 is 3.11 bits per heavy atom. The largest absolute Gasteiger partial charge is 0.353 e. The maximum absolute atomic E-state index is 11.9. The van der Waals surface area contributed by atoms with E-state index in [9.17, 15) is 4.79 Å². The average Bonchev–Trinajstić information content (AvgIpc) is 3.13. The second-order valence-electron chi connectivity index (χ2n) is 5.69. The van der Waals surface area contributed by atoms with E-state index < -0.39 is 0 Å². The van der Waals surface area contributed by atoms with Crippen LogP contribution in [0.2, 0.25) is 0 Å². The van der Waals surface area contributed by atoms with Crippen LogP contribution in [0.4, 0.5) is 0 Å². The summed E-state index contributed by atoms with van der Waals surface area (Å²) in [6.45, 7) is 2.17. The second-order valence-corrected chi connectivity index (χ2v) is 7.74. The van der Waals surface area contributed by atoms with Gasteiger partial charge in [0.25, 0.3) is 0 Å². The smallest absolute Gasteiger partial charge is 0.230 e. The van der Waals surface area contributed by atoms with Gasteiger partial charge in [0.15, 0.2) is 4.34 Å². The van der Waals surface area contributed by atoms with Gasteiger partial charge in [-0.25, -0.2) is 0 Å². The number of carbonyl (C=O) groups is 1. The molecule has 2 fully saturated rings. The molecule has 1 aromatic rings. The monoisotopic (exact) mass is 297 g/mol. The van der Waals surface area contributed by atoms with E-state index >= 15 is 0 Å². The van der Waals surface area contributed by atoms with Crippen molar-refractivity contribution in [3.8, 4) is 0 Å². The Balaban J connectivity index is 1.44. The zero-order valence-corrected chi connectivity index (χ0v) is 12.7. The van der Waals surface area contributed by atoms with Crippen LogP contribution in [0.25, 0.3) is 0 Å². The highest BCUT2D eigenvalue weighted by atomic mass is 32.2. The molecule has 0 radical (unpaired) electrons. The molecule has 1 heterocycles. The highest BCUT2D eigenvalue weighted by Gasteiger charge is 2.42. The molecule has 4 nitrogen and oxygen atoms in total. The molecule has 0 aromatic carbocycles. The number of thioether (sulfide) groups is 1. The predicted molar refractivity (Wildman–Crippen MR) is 77.2 cm³/mol. The Morgan fingerprint density at radius 2 is 2.47 bits per heavy atom. The first-order valence-corrected chi connectivity index (χ1v) is 8.77. The van der Waals surface area contributed by atoms with Crippen LogP contribution in [0.3, 0.4) is 0 Å². The van der Waals surface area contributed by atoms with E-state index in [0.29, 0.717) is 17.7 Å². The van der Waals surface area contributed by atoms with Gasteiger partial charge in [0.05, 0.1) is 5.75 Å². The van der Waals surface area contributed by atoms with Crippen LogP contribution in [0.5, 0.6) is 0 Å². The zero-order valence-electron chi connectivity index (χ0n) is 11.0. The van der Waals surface area contributed by atoms with E-state index in [0.717, 1.165) is 16.2 Å². The lowest BCUT2D eigenvalue weighted by atomic mass is 9.84. The number of aromatic nitrogens is 2. The first kappa shape index (κ1) is 13.4. The van der Waals surface area contributed by atoms with E-state index in [1.807, 2.05) is 0 Å². The van der Waals surface area contributed by atoms with Crippen LogP contribution in [0.1, 0.15) is 32.6 Å². The summed E-state index contributed by atoms with van der Waals surface area (Å²) in [4.78, 5) is 11.9. The van der Waals surface area contributed by atoms with Gasteiger partial charge < -0.3 is 5.32 Å². The average molecular weight is 297 g/mol. The summed E-state index contributed by atoms with van der Waals surface area (Å²) in [6.07, 6.45) is 5.49. The van der Waals surface area contributed by atoms with E-state index in [4.69, 9.17) is 0 Å². The molecular weight excluding hydrogens is 278 g/mol. The number of nitrogens with zero attached hydrogens (tertiary/aromatic N) is 2. The fourth-order valence-electron chi connectivity index (χ4n) is 3.66. The maximum atomic E-state index is 11.9. The number of hydrogen-bond acceptors (Lipinski definition) is 5. The molecule has 3 rings (SSSR count). The van der Waals surface area contributed by atoms with Crippen LogP contribution < -0.4 is 5.32 Å². The lowest BCUT2D eigenvalue weighted by Crippen LogP contribution is -2.40. The summed E-state index contributed by atoms with van der Waals surface area (Å²) in [5.41, 5.74) is 1.69. The lowest BCUT2D eigenvalue weighted by Gasteiger charge is -2.28. The molecule has 1 aromatic heterocycles. The van der Waals surface area contributed by atoms with E-state index in [-0.39, 0.29) is 5.91 Å². The number of rotatable bonds is 5. The molecule has 0 saturated heterocycles. The van der Waals surface area contributed by atoms with Crippen molar-refractivity contribution in [2.45, 2.75) is 43.0 Å². The van der Waals surface area contributed by atoms with Gasteiger partial charge >= 0.3 is 0 Å². The van der Waals surface area contributed by atoms with Crippen molar-refractivity contribution in [2.75, 3.05) is 5.75 Å². The first-order chi connectivity index (χ1) is 9.22. The minimum atomic E-state index is 0.121. The highest BCUT2D eigenvalue weighted by molar-refractivity contribution is 8.01. The number of amides is 1. The summed E-state index contributed by atoms with van der Waals surface area (Å²) in [5.74, 6) is 3.06. The molecule has 0 spiro atoms. The van der Waals surface area contributed by atoms with Crippen molar-refractivity contribution >= 4 is 29.0 Å². The van der Waals surface area contributed by atoms with Gasteiger partial charge in [-0.2, -0.15) is 0 Å². The van der Waals surface area contributed by atoms with Gasteiger partial charge in [0, 0.05) is 6.04 Å². The quantitative estimate of drug-likeness (QED) is 0.849. The third-order valence-corrected chi connectivity index (χ3v) is 6.35. The molecule has 0 aliphatic heterocycles. The topological polar surface area (TPSA) is 54.9 Å². The van der Waals surface area contributed by atoms with Crippen molar-refractivity contribution in [3.63, 3.8) is 0 Å². The SMILES string of the molecule is CC(NC(=O)CSc1nncs1)C1CC2CCC1C2. The van der Waals surface area contributed by atoms with Gasteiger partial charge in [0.1, 0.15) is 5.51 Å². The van der Waals surface area contributed by atoms with Crippen molar-refractivity contribution in [2.24, 2.45) is 17.8 Å². The Hall–Kier alpha value is -0.620. The third kappa shape index (κ3) is 3.11. The van der Waals surface area contributed by atoms with Crippen LogP contribution >= 0.6 is 23.1 Å². The Bertz CT molecular complexity index is 437. The molecule has 6 heteroatoms. The molecule has 2 aliphatic carbocycles. The molecule has 1 amide bonds. The highest BCUT2D eigenvalue weighted by Crippen LogP contribution is 2.49. The summed E-state index contributed by atoms with van der Waals surface area (Å²) in [7, 11) is 0. The lowest BCUT2D eigenvalue weighted by molar-refractivity contribution is -0.119. The van der Waals surface area contributed by atoms with Gasteiger partial charge in [0.2, 0.25) is 5.91 Å². The van der Waals surface area contributed by atoms with E-state index in [1.54, 1.807) is 5.51 Å². The summed E-state index contributed by atoms with van der Waals surface area (Å²) < 4.78 is 0.864. The molecule has 2 saturated carbocycles. The molecule has 1 N–H and O–H groups in total. The normalized spacial score (nSPS) is 30.5. The minimum Gasteiger partial charge on any atom is -0.353 e. The Morgan fingerprint density at radius 1 is 1.58 bits per heavy atom. The summed E-state index contributed by atoms with van der Waals surface area (Å²) in [6, 6.07) is 0.317. The fourth-order valence-corrected chi connectivity index (χ4v) is 4.96. The molecule has 4 unspecified atom stereocenters. The second kappa shape index (κ2) is 5.79. The zero-order chi connectivity index (χ0) is 13.2. The molecule has 104 valence electrons. The van der Waals surface area contributed by atoms with Crippen LogP contribution in [-0.4, -0.2) is 27.9 Å².